The molecular weight excluding hydrogens is 144 g/mol. The van der Waals surface area contributed by atoms with E-state index in [9.17, 15) is 10.1 Å². The minimum atomic E-state index is -0.545. The molecule has 4 nitrogen and oxygen atoms in total. The highest BCUT2D eigenvalue weighted by molar-refractivity contribution is 5.24. The predicted molar refractivity (Wildman–Crippen MR) is 43.2 cm³/mol. The minimum Gasteiger partial charge on any atom is -0.393 e. The molecule has 0 bridgehead atoms. The molecule has 0 aromatic rings. The predicted octanol–water partition coefficient (Wildman–Crippen LogP) is 1.20. The van der Waals surface area contributed by atoms with Crippen molar-refractivity contribution in [3.63, 3.8) is 0 Å². The lowest BCUT2D eigenvalue weighted by Gasteiger charge is -1.94. The fourth-order valence-electron chi connectivity index (χ4n) is 0.522. The van der Waals surface area contributed by atoms with Crippen LogP contribution < -0.4 is 5.73 Å². The highest BCUT2D eigenvalue weighted by Crippen LogP contribution is 2.03. The molecule has 0 atom stereocenters. The Hall–Kier alpha value is -1.58. The zero-order valence-corrected chi connectivity index (χ0v) is 6.28. The summed E-state index contributed by atoms with van der Waals surface area (Å²) in [5.74, 6) is 0. The van der Waals surface area contributed by atoms with Gasteiger partial charge in [0.05, 0.1) is 4.92 Å². The molecule has 0 rings (SSSR count). The van der Waals surface area contributed by atoms with Crippen LogP contribution >= 0.6 is 0 Å². The second kappa shape index (κ2) is 4.27. The summed E-state index contributed by atoms with van der Waals surface area (Å²) in [4.78, 5) is 9.71. The largest absolute Gasteiger partial charge is 0.393 e. The third-order valence-corrected chi connectivity index (χ3v) is 1.08. The van der Waals surface area contributed by atoms with Gasteiger partial charge < -0.3 is 5.73 Å². The lowest BCUT2D eigenvalue weighted by molar-refractivity contribution is -0.420. The SMILES string of the molecule is C=C/C=C(\C(N)=C/C)[N+](=O)[O-]. The first-order valence-corrected chi connectivity index (χ1v) is 3.02. The van der Waals surface area contributed by atoms with Crippen LogP contribution in [0.1, 0.15) is 6.92 Å². The van der Waals surface area contributed by atoms with Gasteiger partial charge in [-0.1, -0.05) is 18.7 Å². The van der Waals surface area contributed by atoms with E-state index in [4.69, 9.17) is 5.73 Å². The Bertz CT molecular complexity index is 229. The van der Waals surface area contributed by atoms with Gasteiger partial charge in [0, 0.05) is 6.08 Å². The van der Waals surface area contributed by atoms with E-state index in [1.165, 1.54) is 18.2 Å². The number of rotatable bonds is 3. The van der Waals surface area contributed by atoms with Crippen LogP contribution in [0.3, 0.4) is 0 Å². The van der Waals surface area contributed by atoms with E-state index >= 15 is 0 Å². The molecule has 60 valence electrons. The van der Waals surface area contributed by atoms with Gasteiger partial charge >= 0.3 is 0 Å². The van der Waals surface area contributed by atoms with Crippen LogP contribution in [0.5, 0.6) is 0 Å². The van der Waals surface area contributed by atoms with Crippen molar-refractivity contribution in [2.75, 3.05) is 0 Å². The van der Waals surface area contributed by atoms with Gasteiger partial charge in [0.2, 0.25) is 0 Å². The Morgan fingerprint density at radius 2 is 2.27 bits per heavy atom. The van der Waals surface area contributed by atoms with Crippen molar-refractivity contribution in [2.24, 2.45) is 5.73 Å². The highest BCUT2D eigenvalue weighted by atomic mass is 16.6. The summed E-state index contributed by atoms with van der Waals surface area (Å²) in [6.45, 7) is 4.97. The molecule has 0 aliphatic carbocycles. The maximum atomic E-state index is 10.3. The lowest BCUT2D eigenvalue weighted by atomic mass is 10.3. The van der Waals surface area contributed by atoms with Crippen molar-refractivity contribution in [1.29, 1.82) is 0 Å². The Morgan fingerprint density at radius 1 is 1.73 bits per heavy atom. The van der Waals surface area contributed by atoms with E-state index in [2.05, 4.69) is 6.58 Å². The first kappa shape index (κ1) is 9.42. The van der Waals surface area contributed by atoms with Crippen LogP contribution in [0.25, 0.3) is 0 Å². The van der Waals surface area contributed by atoms with Crippen molar-refractivity contribution >= 4 is 0 Å². The smallest absolute Gasteiger partial charge is 0.291 e. The Kier molecular flexibility index (Phi) is 3.66. The Morgan fingerprint density at radius 3 is 2.55 bits per heavy atom. The molecule has 11 heavy (non-hydrogen) atoms. The number of hydrogen-bond donors (Lipinski definition) is 1. The van der Waals surface area contributed by atoms with E-state index in [1.54, 1.807) is 6.92 Å². The van der Waals surface area contributed by atoms with Crippen LogP contribution in [0.15, 0.2) is 36.2 Å². The summed E-state index contributed by atoms with van der Waals surface area (Å²) in [5, 5.41) is 10.3. The summed E-state index contributed by atoms with van der Waals surface area (Å²) in [6, 6.07) is 0. The van der Waals surface area contributed by atoms with Crippen molar-refractivity contribution in [2.45, 2.75) is 6.92 Å². The molecule has 0 saturated heterocycles. The monoisotopic (exact) mass is 154 g/mol. The lowest BCUT2D eigenvalue weighted by Crippen LogP contribution is -2.08. The van der Waals surface area contributed by atoms with Crippen molar-refractivity contribution < 1.29 is 4.92 Å². The van der Waals surface area contributed by atoms with Gasteiger partial charge in [-0.2, -0.15) is 0 Å². The molecule has 0 aromatic carbocycles. The van der Waals surface area contributed by atoms with Crippen LogP contribution in [0.2, 0.25) is 0 Å². The second-order valence-corrected chi connectivity index (χ2v) is 1.79. The van der Waals surface area contributed by atoms with Gasteiger partial charge in [0.25, 0.3) is 5.70 Å². The molecule has 0 saturated carbocycles. The summed E-state index contributed by atoms with van der Waals surface area (Å²) in [7, 11) is 0. The van der Waals surface area contributed by atoms with Crippen LogP contribution in [-0.4, -0.2) is 4.92 Å². The average Bonchev–Trinajstić information content (AvgIpc) is 1.98. The molecule has 4 heteroatoms. The number of nitrogens with zero attached hydrogens (tertiary/aromatic N) is 1. The van der Waals surface area contributed by atoms with Crippen molar-refractivity contribution in [3.8, 4) is 0 Å². The number of nitro groups is 1. The summed E-state index contributed by atoms with van der Waals surface area (Å²) in [5.41, 5.74) is 5.33. The second-order valence-electron chi connectivity index (χ2n) is 1.79. The third-order valence-electron chi connectivity index (χ3n) is 1.08. The van der Waals surface area contributed by atoms with Crippen LogP contribution in [-0.2, 0) is 0 Å². The highest BCUT2D eigenvalue weighted by Gasteiger charge is 2.10. The van der Waals surface area contributed by atoms with Gasteiger partial charge in [-0.3, -0.25) is 10.1 Å². The zero-order valence-electron chi connectivity index (χ0n) is 6.28. The number of nitrogens with two attached hydrogens (primary N) is 1. The van der Waals surface area contributed by atoms with Crippen molar-refractivity contribution in [3.05, 3.63) is 46.3 Å². The molecule has 0 fully saturated rings. The van der Waals surface area contributed by atoms with Gasteiger partial charge in [-0.05, 0) is 6.92 Å². The summed E-state index contributed by atoms with van der Waals surface area (Å²) < 4.78 is 0. The molecule has 0 heterocycles. The fraction of sp³-hybridized carbons (Fsp3) is 0.143. The molecule has 0 spiro atoms. The quantitative estimate of drug-likeness (QED) is 0.377. The summed E-state index contributed by atoms with van der Waals surface area (Å²) >= 11 is 0. The molecule has 0 amide bonds. The maximum absolute atomic E-state index is 10.3. The van der Waals surface area contributed by atoms with E-state index in [1.807, 2.05) is 0 Å². The van der Waals surface area contributed by atoms with Crippen molar-refractivity contribution in [1.82, 2.24) is 0 Å². The topological polar surface area (TPSA) is 69.2 Å². The first-order valence-electron chi connectivity index (χ1n) is 3.02. The fourth-order valence-corrected chi connectivity index (χ4v) is 0.522. The number of hydrogen-bond acceptors (Lipinski definition) is 3. The Labute approximate surface area is 64.9 Å². The normalized spacial score (nSPS) is 12.8. The van der Waals surface area contributed by atoms with Crippen LogP contribution in [0, 0.1) is 10.1 Å². The summed E-state index contributed by atoms with van der Waals surface area (Å²) in [6.07, 6.45) is 4.06. The van der Waals surface area contributed by atoms with Gasteiger partial charge in [0.1, 0.15) is 5.70 Å². The number of allylic oxidation sites excluding steroid dienone is 3. The molecule has 0 unspecified atom stereocenters. The average molecular weight is 154 g/mol. The van der Waals surface area contributed by atoms with E-state index in [0.717, 1.165) is 0 Å². The molecule has 0 aliphatic rings. The zero-order chi connectivity index (χ0) is 8.85. The third kappa shape index (κ3) is 2.66. The standard InChI is InChI=1S/C7H10N2O2/c1-3-5-7(9(10)11)6(8)4-2/h3-5H,1,8H2,2H3/b6-4+,7-5+. The van der Waals surface area contributed by atoms with E-state index in [0.29, 0.717) is 0 Å². The minimum absolute atomic E-state index is 0.123. The molecule has 0 aromatic heterocycles. The molecular formula is C7H10N2O2. The van der Waals surface area contributed by atoms with Gasteiger partial charge in [0.15, 0.2) is 0 Å². The maximum Gasteiger partial charge on any atom is 0.291 e. The van der Waals surface area contributed by atoms with E-state index in [-0.39, 0.29) is 11.4 Å². The van der Waals surface area contributed by atoms with Gasteiger partial charge in [-0.15, -0.1) is 0 Å². The Balaban J connectivity index is 4.76. The van der Waals surface area contributed by atoms with Gasteiger partial charge in [-0.25, -0.2) is 0 Å². The molecule has 2 N–H and O–H groups in total. The molecule has 0 radical (unpaired) electrons. The first-order chi connectivity index (χ1) is 5.13. The van der Waals surface area contributed by atoms with Crippen LogP contribution in [0.4, 0.5) is 0 Å². The molecule has 0 aliphatic heterocycles. The van der Waals surface area contributed by atoms with E-state index < -0.39 is 4.92 Å².